The third-order valence-electron chi connectivity index (χ3n) is 3.16. The first-order valence-corrected chi connectivity index (χ1v) is 6.91. The SMILES string of the molecule is CN(Cc1ccc(Cl)cc1)Cc1ccc(F)c(B(O)O)c1. The van der Waals surface area contributed by atoms with Crippen LogP contribution in [0.15, 0.2) is 42.5 Å². The Morgan fingerprint density at radius 3 is 2.24 bits per heavy atom. The largest absolute Gasteiger partial charge is 0.491 e. The molecule has 0 radical (unpaired) electrons. The first-order chi connectivity index (χ1) is 9.95. The highest BCUT2D eigenvalue weighted by Gasteiger charge is 2.17. The molecule has 0 unspecified atom stereocenters. The molecular formula is C15H16BClFNO2. The lowest BCUT2D eigenvalue weighted by molar-refractivity contribution is 0.319. The second-order valence-electron chi connectivity index (χ2n) is 5.03. The van der Waals surface area contributed by atoms with Crippen LogP contribution in [0.5, 0.6) is 0 Å². The molecule has 0 aromatic heterocycles. The van der Waals surface area contributed by atoms with Gasteiger partial charge in [-0.1, -0.05) is 35.9 Å². The number of hydrogen-bond acceptors (Lipinski definition) is 3. The van der Waals surface area contributed by atoms with Crippen LogP contribution < -0.4 is 5.46 Å². The third-order valence-corrected chi connectivity index (χ3v) is 3.41. The molecule has 2 aromatic carbocycles. The van der Waals surface area contributed by atoms with Gasteiger partial charge in [0.05, 0.1) is 0 Å². The zero-order valence-electron chi connectivity index (χ0n) is 11.6. The monoisotopic (exact) mass is 307 g/mol. The molecule has 110 valence electrons. The van der Waals surface area contributed by atoms with Crippen LogP contribution >= 0.6 is 11.6 Å². The highest BCUT2D eigenvalue weighted by molar-refractivity contribution is 6.58. The fourth-order valence-electron chi connectivity index (χ4n) is 2.16. The van der Waals surface area contributed by atoms with Crippen molar-refractivity contribution in [2.24, 2.45) is 0 Å². The maximum atomic E-state index is 13.4. The lowest BCUT2D eigenvalue weighted by Gasteiger charge is -2.17. The fourth-order valence-corrected chi connectivity index (χ4v) is 2.28. The predicted molar refractivity (Wildman–Crippen MR) is 82.8 cm³/mol. The molecule has 0 aliphatic heterocycles. The minimum atomic E-state index is -1.80. The van der Waals surface area contributed by atoms with E-state index in [1.54, 1.807) is 6.07 Å². The molecular weight excluding hydrogens is 291 g/mol. The van der Waals surface area contributed by atoms with Crippen molar-refractivity contribution >= 4 is 24.2 Å². The third kappa shape index (κ3) is 4.54. The number of benzene rings is 2. The van der Waals surface area contributed by atoms with Crippen molar-refractivity contribution in [3.05, 3.63) is 64.4 Å². The molecule has 0 saturated heterocycles. The van der Waals surface area contributed by atoms with E-state index in [1.807, 2.05) is 36.2 Å². The highest BCUT2D eigenvalue weighted by Crippen LogP contribution is 2.12. The molecule has 0 aliphatic rings. The molecule has 21 heavy (non-hydrogen) atoms. The minimum Gasteiger partial charge on any atom is -0.423 e. The van der Waals surface area contributed by atoms with Crippen LogP contribution in [0.2, 0.25) is 5.02 Å². The second kappa shape index (κ2) is 7.05. The summed E-state index contributed by atoms with van der Waals surface area (Å²) in [6.45, 7) is 1.29. The first-order valence-electron chi connectivity index (χ1n) is 6.53. The molecule has 0 atom stereocenters. The Kier molecular flexibility index (Phi) is 5.36. The average Bonchev–Trinajstić information content (AvgIpc) is 2.43. The Labute approximate surface area is 128 Å². The Hall–Kier alpha value is -1.40. The van der Waals surface area contributed by atoms with Crippen LogP contribution in [0.1, 0.15) is 11.1 Å². The number of hydrogen-bond donors (Lipinski definition) is 2. The molecule has 6 heteroatoms. The summed E-state index contributed by atoms with van der Waals surface area (Å²) in [6.07, 6.45) is 0. The van der Waals surface area contributed by atoms with Gasteiger partial charge in [-0.2, -0.15) is 0 Å². The van der Waals surface area contributed by atoms with Gasteiger partial charge in [0.1, 0.15) is 5.82 Å². The molecule has 2 aromatic rings. The first kappa shape index (κ1) is 16.0. The minimum absolute atomic E-state index is 0.104. The van der Waals surface area contributed by atoms with Crippen molar-refractivity contribution in [1.82, 2.24) is 4.90 Å². The summed E-state index contributed by atoms with van der Waals surface area (Å²) in [5, 5.41) is 18.9. The number of rotatable bonds is 5. The van der Waals surface area contributed by atoms with E-state index in [2.05, 4.69) is 0 Å². The average molecular weight is 308 g/mol. The fraction of sp³-hybridized carbons (Fsp3) is 0.200. The summed E-state index contributed by atoms with van der Waals surface area (Å²) in [5.41, 5.74) is 1.83. The van der Waals surface area contributed by atoms with Crippen molar-refractivity contribution in [3.63, 3.8) is 0 Å². The topological polar surface area (TPSA) is 43.7 Å². The maximum Gasteiger partial charge on any atom is 0.491 e. The van der Waals surface area contributed by atoms with E-state index in [0.29, 0.717) is 18.1 Å². The van der Waals surface area contributed by atoms with Gasteiger partial charge in [-0.25, -0.2) is 4.39 Å². The van der Waals surface area contributed by atoms with E-state index in [1.165, 1.54) is 12.1 Å². The van der Waals surface area contributed by atoms with E-state index in [0.717, 1.165) is 11.1 Å². The Bertz CT molecular complexity index is 607. The number of halogens is 2. The van der Waals surface area contributed by atoms with Crippen molar-refractivity contribution in [3.8, 4) is 0 Å². The summed E-state index contributed by atoms with van der Waals surface area (Å²) in [4.78, 5) is 2.05. The second-order valence-corrected chi connectivity index (χ2v) is 5.46. The summed E-state index contributed by atoms with van der Waals surface area (Å²) in [7, 11) is 0.138. The normalized spacial score (nSPS) is 11.0. The van der Waals surface area contributed by atoms with Crippen molar-refractivity contribution < 1.29 is 14.4 Å². The molecule has 0 amide bonds. The van der Waals surface area contributed by atoms with Crippen LogP contribution in [0, 0.1) is 5.82 Å². The van der Waals surface area contributed by atoms with Gasteiger partial charge in [-0.15, -0.1) is 0 Å². The summed E-state index contributed by atoms with van der Waals surface area (Å²) in [5.74, 6) is -0.617. The van der Waals surface area contributed by atoms with E-state index >= 15 is 0 Å². The zero-order valence-corrected chi connectivity index (χ0v) is 12.4. The van der Waals surface area contributed by atoms with E-state index < -0.39 is 12.9 Å². The summed E-state index contributed by atoms with van der Waals surface area (Å²) in [6, 6.07) is 11.9. The quantitative estimate of drug-likeness (QED) is 0.828. The van der Waals surface area contributed by atoms with Gasteiger partial charge >= 0.3 is 7.12 Å². The van der Waals surface area contributed by atoms with E-state index in [-0.39, 0.29) is 5.46 Å². The van der Waals surface area contributed by atoms with Gasteiger partial charge < -0.3 is 10.0 Å². The molecule has 3 nitrogen and oxygen atoms in total. The van der Waals surface area contributed by atoms with Gasteiger partial charge in [0.2, 0.25) is 0 Å². The van der Waals surface area contributed by atoms with Crippen molar-refractivity contribution in [2.45, 2.75) is 13.1 Å². The van der Waals surface area contributed by atoms with Crippen LogP contribution in [-0.4, -0.2) is 29.1 Å². The van der Waals surface area contributed by atoms with Gasteiger partial charge in [0.25, 0.3) is 0 Å². The molecule has 2 rings (SSSR count). The standard InChI is InChI=1S/C15H16BClFNO2/c1-19(9-11-2-5-13(17)6-3-11)10-12-4-7-15(18)14(8-12)16(20)21/h2-8,20-21H,9-10H2,1H3. The molecule has 2 N–H and O–H groups in total. The summed E-state index contributed by atoms with van der Waals surface area (Å²) >= 11 is 5.84. The van der Waals surface area contributed by atoms with E-state index in [4.69, 9.17) is 21.6 Å². The molecule has 0 fully saturated rings. The maximum absolute atomic E-state index is 13.4. The molecule has 0 spiro atoms. The molecule has 0 saturated carbocycles. The zero-order chi connectivity index (χ0) is 15.4. The molecule has 0 bridgehead atoms. The highest BCUT2D eigenvalue weighted by atomic mass is 35.5. The Morgan fingerprint density at radius 1 is 1.05 bits per heavy atom. The summed E-state index contributed by atoms with van der Waals surface area (Å²) < 4.78 is 13.4. The van der Waals surface area contributed by atoms with E-state index in [9.17, 15) is 4.39 Å². The van der Waals surface area contributed by atoms with Gasteiger partial charge in [-0.05, 0) is 36.4 Å². The predicted octanol–water partition coefficient (Wildman–Crippen LogP) is 1.79. The lowest BCUT2D eigenvalue weighted by Crippen LogP contribution is -2.33. The molecule has 0 heterocycles. The Balaban J connectivity index is 2.04. The lowest BCUT2D eigenvalue weighted by atomic mass is 9.79. The van der Waals surface area contributed by atoms with Gasteiger partial charge in [0, 0.05) is 23.6 Å². The van der Waals surface area contributed by atoms with Crippen LogP contribution in [0.3, 0.4) is 0 Å². The van der Waals surface area contributed by atoms with Crippen LogP contribution in [0.25, 0.3) is 0 Å². The van der Waals surface area contributed by atoms with Crippen LogP contribution in [0.4, 0.5) is 4.39 Å². The van der Waals surface area contributed by atoms with Crippen molar-refractivity contribution in [1.29, 1.82) is 0 Å². The van der Waals surface area contributed by atoms with Crippen LogP contribution in [-0.2, 0) is 13.1 Å². The Morgan fingerprint density at radius 2 is 1.62 bits per heavy atom. The molecule has 0 aliphatic carbocycles. The number of nitrogens with zero attached hydrogens (tertiary/aromatic N) is 1. The smallest absolute Gasteiger partial charge is 0.423 e. The van der Waals surface area contributed by atoms with Gasteiger partial charge in [-0.3, -0.25) is 4.90 Å². The van der Waals surface area contributed by atoms with Gasteiger partial charge in [0.15, 0.2) is 0 Å². The van der Waals surface area contributed by atoms with Crippen molar-refractivity contribution in [2.75, 3.05) is 7.05 Å².